The summed E-state index contributed by atoms with van der Waals surface area (Å²) in [6.45, 7) is 3.36. The van der Waals surface area contributed by atoms with Crippen LogP contribution in [0.1, 0.15) is 20.3 Å². The van der Waals surface area contributed by atoms with Gasteiger partial charge in [-0.15, -0.1) is 0 Å². The molecule has 1 heterocycles. The number of carbonyl (C=O) groups excluding carboxylic acids is 2. The Morgan fingerprint density at radius 2 is 1.78 bits per heavy atom. The number of hydrogen-bond donors (Lipinski definition) is 0. The molecule has 130 valence electrons. The summed E-state index contributed by atoms with van der Waals surface area (Å²) in [5.41, 5.74) is 0.671. The minimum Gasteiger partial charge on any atom is -0.328 e. The topological polar surface area (TPSA) is 40.6 Å². The number of carbonyl (C=O) groups is 2. The molecule has 0 saturated carbocycles. The highest BCUT2D eigenvalue weighted by Gasteiger charge is 2.42. The summed E-state index contributed by atoms with van der Waals surface area (Å²) in [7, 11) is 3.06. The van der Waals surface area contributed by atoms with Crippen LogP contribution in [0.25, 0.3) is 0 Å². The van der Waals surface area contributed by atoms with Gasteiger partial charge < -0.3 is 9.80 Å². The monoisotopic (exact) mass is 420 g/mol. The molecule has 4 nitrogen and oxygen atoms in total. The Hall–Kier alpha value is -0.130. The van der Waals surface area contributed by atoms with Crippen LogP contribution >= 0.6 is 58.0 Å². The molecule has 0 aromatic carbocycles. The van der Waals surface area contributed by atoms with Crippen LogP contribution in [0.4, 0.5) is 0 Å². The molecular weight excluding hydrogens is 405 g/mol. The van der Waals surface area contributed by atoms with Crippen molar-refractivity contribution in [1.29, 1.82) is 0 Å². The lowest BCUT2D eigenvalue weighted by Gasteiger charge is -2.39. The van der Waals surface area contributed by atoms with Gasteiger partial charge in [0.25, 0.3) is 5.91 Å². The van der Waals surface area contributed by atoms with Gasteiger partial charge in [-0.2, -0.15) is 0 Å². The first-order valence-corrected chi connectivity index (χ1v) is 8.61. The van der Waals surface area contributed by atoms with Gasteiger partial charge in [0.05, 0.1) is 0 Å². The molecule has 1 saturated heterocycles. The van der Waals surface area contributed by atoms with E-state index in [-0.39, 0.29) is 28.4 Å². The van der Waals surface area contributed by atoms with Crippen LogP contribution in [0, 0.1) is 5.92 Å². The maximum absolute atomic E-state index is 12.6. The van der Waals surface area contributed by atoms with Gasteiger partial charge in [0, 0.05) is 20.0 Å². The lowest BCUT2D eigenvalue weighted by Crippen LogP contribution is -2.56. The molecule has 1 rings (SSSR count). The highest BCUT2D eigenvalue weighted by Crippen LogP contribution is 2.38. The Morgan fingerprint density at radius 3 is 2.22 bits per heavy atom. The normalized spacial score (nSPS) is 22.7. The van der Waals surface area contributed by atoms with Gasteiger partial charge in [0.1, 0.15) is 16.2 Å². The lowest BCUT2D eigenvalue weighted by atomic mass is 9.98. The van der Waals surface area contributed by atoms with Crippen LogP contribution in [-0.2, 0) is 9.59 Å². The number of amides is 2. The van der Waals surface area contributed by atoms with E-state index in [0.29, 0.717) is 5.57 Å². The van der Waals surface area contributed by atoms with E-state index in [1.54, 1.807) is 13.8 Å². The van der Waals surface area contributed by atoms with E-state index >= 15 is 0 Å². The first-order valence-electron chi connectivity index (χ1n) is 6.73. The number of alkyl halides is 3. The van der Waals surface area contributed by atoms with E-state index < -0.39 is 15.8 Å². The fraction of sp³-hybridized carbons (Fsp3) is 0.571. The van der Waals surface area contributed by atoms with Gasteiger partial charge in [-0.25, -0.2) is 0 Å². The van der Waals surface area contributed by atoms with Gasteiger partial charge in [-0.3, -0.25) is 9.59 Å². The van der Waals surface area contributed by atoms with Crippen molar-refractivity contribution in [3.8, 4) is 0 Å². The summed E-state index contributed by atoms with van der Waals surface area (Å²) in [5.74, 6) is -1.00. The number of likely N-dealkylation sites (N-methyl/N-ethyl adjacent to an activating group) is 2. The third-order valence-corrected chi connectivity index (χ3v) is 5.48. The summed E-state index contributed by atoms with van der Waals surface area (Å²) in [5, 5.41) is 0. The first-order chi connectivity index (χ1) is 10.4. The standard InChI is InChI=1S/C14H17Cl5N2O2/c1-7(11(15)16)5-9-12(22)21(4)10(13(23)20(9)3)6-8(2)14(17,18)19/h5,8,10H,6H2,1-4H3/b9-5-/t8-,10+/m0/s1. The van der Waals surface area contributed by atoms with E-state index in [4.69, 9.17) is 58.0 Å². The number of piperazine rings is 1. The second-order valence-electron chi connectivity index (χ2n) is 5.48. The van der Waals surface area contributed by atoms with Crippen LogP contribution in [0.3, 0.4) is 0 Å². The van der Waals surface area contributed by atoms with E-state index in [0.717, 1.165) is 0 Å². The summed E-state index contributed by atoms with van der Waals surface area (Å²) >= 11 is 29.0. The maximum atomic E-state index is 12.6. The zero-order valence-corrected chi connectivity index (χ0v) is 16.8. The van der Waals surface area contributed by atoms with Gasteiger partial charge in [-0.1, -0.05) is 64.9 Å². The van der Waals surface area contributed by atoms with E-state index in [1.165, 1.54) is 30.0 Å². The van der Waals surface area contributed by atoms with Crippen molar-refractivity contribution in [3.63, 3.8) is 0 Å². The molecule has 1 aliphatic rings. The average Bonchev–Trinajstić information content (AvgIpc) is 2.44. The summed E-state index contributed by atoms with van der Waals surface area (Å²) in [6, 6.07) is -0.703. The maximum Gasteiger partial charge on any atom is 0.270 e. The zero-order chi connectivity index (χ0) is 18.1. The second kappa shape index (κ2) is 7.83. The number of nitrogens with zero attached hydrogens (tertiary/aromatic N) is 2. The minimum atomic E-state index is -1.51. The van der Waals surface area contributed by atoms with Crippen LogP contribution < -0.4 is 0 Å². The second-order valence-corrected chi connectivity index (χ2v) is 8.80. The van der Waals surface area contributed by atoms with Gasteiger partial charge in [-0.05, 0) is 25.0 Å². The van der Waals surface area contributed by atoms with Crippen LogP contribution in [0.15, 0.2) is 21.8 Å². The molecule has 9 heteroatoms. The molecule has 2 atom stereocenters. The first kappa shape index (κ1) is 20.9. The van der Waals surface area contributed by atoms with Crippen molar-refractivity contribution >= 4 is 69.8 Å². The fourth-order valence-electron chi connectivity index (χ4n) is 2.12. The van der Waals surface area contributed by atoms with Gasteiger partial charge in [0.15, 0.2) is 3.79 Å². The molecule has 1 fully saturated rings. The predicted molar refractivity (Wildman–Crippen MR) is 95.9 cm³/mol. The van der Waals surface area contributed by atoms with Crippen molar-refractivity contribution in [2.45, 2.75) is 30.1 Å². The van der Waals surface area contributed by atoms with Crippen LogP contribution in [0.2, 0.25) is 0 Å². The molecular formula is C14H17Cl5N2O2. The summed E-state index contributed by atoms with van der Waals surface area (Å²) in [4.78, 5) is 27.7. The average molecular weight is 423 g/mol. The number of allylic oxidation sites excluding steroid dienone is 2. The van der Waals surface area contributed by atoms with Crippen molar-refractivity contribution < 1.29 is 9.59 Å². The Labute approximate surface area is 160 Å². The molecule has 0 aromatic heterocycles. The Kier molecular flexibility index (Phi) is 7.12. The molecule has 0 radical (unpaired) electrons. The zero-order valence-electron chi connectivity index (χ0n) is 13.0. The van der Waals surface area contributed by atoms with E-state index in [1.807, 2.05) is 0 Å². The molecule has 0 aliphatic carbocycles. The fourth-order valence-corrected chi connectivity index (χ4v) is 2.50. The molecule has 0 unspecified atom stereocenters. The third-order valence-electron chi connectivity index (χ3n) is 3.77. The minimum absolute atomic E-state index is 0.0285. The molecule has 0 bridgehead atoms. The Balaban J connectivity index is 3.12. The molecule has 0 N–H and O–H groups in total. The molecule has 23 heavy (non-hydrogen) atoms. The highest BCUT2D eigenvalue weighted by atomic mass is 35.6. The third kappa shape index (κ3) is 4.93. The number of rotatable bonds is 3. The van der Waals surface area contributed by atoms with E-state index in [2.05, 4.69) is 0 Å². The smallest absolute Gasteiger partial charge is 0.270 e. The van der Waals surface area contributed by atoms with Crippen molar-refractivity contribution in [2.75, 3.05) is 14.1 Å². The Morgan fingerprint density at radius 1 is 1.26 bits per heavy atom. The van der Waals surface area contributed by atoms with Crippen LogP contribution in [-0.4, -0.2) is 45.5 Å². The predicted octanol–water partition coefficient (Wildman–Crippen LogP) is 4.27. The highest BCUT2D eigenvalue weighted by molar-refractivity contribution is 6.67. The molecule has 0 spiro atoms. The number of hydrogen-bond acceptors (Lipinski definition) is 2. The molecule has 1 aliphatic heterocycles. The van der Waals surface area contributed by atoms with Crippen molar-refractivity contribution in [3.05, 3.63) is 21.8 Å². The van der Waals surface area contributed by atoms with Crippen molar-refractivity contribution in [2.24, 2.45) is 5.92 Å². The van der Waals surface area contributed by atoms with Gasteiger partial charge in [0.2, 0.25) is 5.91 Å². The SMILES string of the molecule is CC(/C=C1/C(=O)N(C)[C@H](C[C@H](C)C(Cl)(Cl)Cl)C(=O)N1C)=C(Cl)Cl. The number of halogens is 5. The van der Waals surface area contributed by atoms with Crippen molar-refractivity contribution in [1.82, 2.24) is 9.80 Å². The largest absolute Gasteiger partial charge is 0.328 e. The summed E-state index contributed by atoms with van der Waals surface area (Å²) in [6.07, 6.45) is 1.71. The molecule has 0 aromatic rings. The van der Waals surface area contributed by atoms with E-state index in [9.17, 15) is 9.59 Å². The lowest BCUT2D eigenvalue weighted by molar-refractivity contribution is -0.149. The Bertz CT molecular complexity index is 564. The quantitative estimate of drug-likeness (QED) is 0.503. The van der Waals surface area contributed by atoms with Gasteiger partial charge >= 0.3 is 0 Å². The summed E-state index contributed by atoms with van der Waals surface area (Å²) < 4.78 is -1.48. The van der Waals surface area contributed by atoms with Crippen LogP contribution in [0.5, 0.6) is 0 Å². The molecule has 2 amide bonds.